The zero-order valence-electron chi connectivity index (χ0n) is 18.1. The number of aliphatic hydroxyl groups excluding tert-OH is 1. The van der Waals surface area contributed by atoms with E-state index in [0.29, 0.717) is 12.1 Å². The molecule has 0 aliphatic carbocycles. The van der Waals surface area contributed by atoms with E-state index < -0.39 is 39.6 Å². The molecule has 6 nitrogen and oxygen atoms in total. The van der Waals surface area contributed by atoms with Crippen LogP contribution in [0, 0.1) is 11.8 Å². The van der Waals surface area contributed by atoms with Gasteiger partial charge in [-0.05, 0) is 30.5 Å². The number of piperazine rings is 1. The zero-order chi connectivity index (χ0) is 26.2. The Morgan fingerprint density at radius 3 is 2.11 bits per heavy atom. The van der Waals surface area contributed by atoms with Crippen molar-refractivity contribution in [2.75, 3.05) is 31.1 Å². The summed E-state index contributed by atoms with van der Waals surface area (Å²) in [7, 11) is -3.73. The summed E-state index contributed by atoms with van der Waals surface area (Å²) in [5.74, 6) is 4.65. The van der Waals surface area contributed by atoms with Crippen molar-refractivity contribution in [2.24, 2.45) is 0 Å². The van der Waals surface area contributed by atoms with Crippen LogP contribution in [0.3, 0.4) is 0 Å². The van der Waals surface area contributed by atoms with E-state index in [0.717, 1.165) is 17.4 Å². The van der Waals surface area contributed by atoms with Crippen molar-refractivity contribution in [3.05, 3.63) is 46.8 Å². The summed E-state index contributed by atoms with van der Waals surface area (Å²) in [4.78, 5) is 1.57. The summed E-state index contributed by atoms with van der Waals surface area (Å²) in [6.45, 7) is 1.44. The van der Waals surface area contributed by atoms with Crippen LogP contribution in [-0.4, -0.2) is 67.6 Å². The summed E-state index contributed by atoms with van der Waals surface area (Å²) in [5.41, 5.74) is -6.76. The lowest BCUT2D eigenvalue weighted by Gasteiger charge is -2.36. The number of hydrogen-bond acceptors (Lipinski definition) is 6. The Balaban J connectivity index is 1.97. The van der Waals surface area contributed by atoms with Gasteiger partial charge >= 0.3 is 12.4 Å². The average molecular weight is 543 g/mol. The molecule has 1 aromatic heterocycles. The second-order valence-electron chi connectivity index (χ2n) is 7.71. The van der Waals surface area contributed by atoms with Crippen LogP contribution in [0.4, 0.5) is 32.0 Å². The predicted molar refractivity (Wildman–Crippen MR) is 116 cm³/mol. The summed E-state index contributed by atoms with van der Waals surface area (Å²) in [6.07, 6.45) is -13.4. The van der Waals surface area contributed by atoms with Gasteiger partial charge in [-0.15, -0.1) is 11.3 Å². The van der Waals surface area contributed by atoms with Crippen molar-refractivity contribution >= 4 is 27.0 Å². The van der Waals surface area contributed by atoms with Gasteiger partial charge in [0, 0.05) is 37.3 Å². The molecule has 0 radical (unpaired) electrons. The molecular formula is C21H20F6N2O4S2. The third kappa shape index (κ3) is 5.29. The lowest BCUT2D eigenvalue weighted by atomic mass is 9.90. The molecule has 35 heavy (non-hydrogen) atoms. The number of sulfonamides is 1. The molecule has 1 aromatic carbocycles. The van der Waals surface area contributed by atoms with Crippen LogP contribution < -0.4 is 4.90 Å². The second kappa shape index (κ2) is 9.62. The lowest BCUT2D eigenvalue weighted by molar-refractivity contribution is -0.376. The van der Waals surface area contributed by atoms with Crippen LogP contribution in [0.1, 0.15) is 18.1 Å². The number of hydrogen-bond donors (Lipinski definition) is 2. The van der Waals surface area contributed by atoms with Gasteiger partial charge in [0.05, 0.1) is 5.69 Å². The number of alkyl halides is 6. The first kappa shape index (κ1) is 27.3. The molecule has 14 heteroatoms. The Labute approximate surface area is 201 Å². The summed E-state index contributed by atoms with van der Waals surface area (Å²) in [6, 6.07) is 5.01. The molecule has 1 aliphatic rings. The van der Waals surface area contributed by atoms with Gasteiger partial charge in [-0.25, -0.2) is 8.42 Å². The third-order valence-electron chi connectivity index (χ3n) is 5.32. The normalized spacial score (nSPS) is 17.1. The van der Waals surface area contributed by atoms with Gasteiger partial charge in [-0.1, -0.05) is 24.0 Å². The monoisotopic (exact) mass is 542 g/mol. The average Bonchev–Trinajstić information content (AvgIpc) is 3.31. The van der Waals surface area contributed by atoms with Crippen molar-refractivity contribution in [1.82, 2.24) is 4.31 Å². The number of anilines is 1. The fourth-order valence-corrected chi connectivity index (χ4v) is 6.08. The van der Waals surface area contributed by atoms with E-state index in [1.165, 1.54) is 17.3 Å². The molecule has 1 atom stereocenters. The smallest absolute Gasteiger partial charge is 0.381 e. The first-order valence-electron chi connectivity index (χ1n) is 10.1. The van der Waals surface area contributed by atoms with Crippen LogP contribution in [0.2, 0.25) is 0 Å². The van der Waals surface area contributed by atoms with Crippen molar-refractivity contribution in [1.29, 1.82) is 0 Å². The van der Waals surface area contributed by atoms with Crippen molar-refractivity contribution in [3.8, 4) is 11.8 Å². The van der Waals surface area contributed by atoms with Crippen LogP contribution in [0.5, 0.6) is 0 Å². The summed E-state index contributed by atoms with van der Waals surface area (Å²) in [5, 5.41) is 20.8. The Hall–Kier alpha value is -2.31. The molecule has 1 saturated heterocycles. The number of thiophene rings is 1. The van der Waals surface area contributed by atoms with Gasteiger partial charge in [0.2, 0.25) is 0 Å². The van der Waals surface area contributed by atoms with Crippen LogP contribution in [-0.2, 0) is 15.6 Å². The first-order chi connectivity index (χ1) is 16.1. The van der Waals surface area contributed by atoms with Gasteiger partial charge < -0.3 is 15.1 Å². The fraction of sp³-hybridized carbons (Fsp3) is 0.429. The van der Waals surface area contributed by atoms with E-state index in [2.05, 4.69) is 11.8 Å². The molecule has 0 unspecified atom stereocenters. The number of aliphatic hydroxyl groups is 2. The molecule has 2 heterocycles. The van der Waals surface area contributed by atoms with E-state index in [9.17, 15) is 45.0 Å². The topological polar surface area (TPSA) is 81.1 Å². The molecule has 0 amide bonds. The Morgan fingerprint density at radius 2 is 1.63 bits per heavy atom. The third-order valence-corrected chi connectivity index (χ3v) is 8.59. The highest BCUT2D eigenvalue weighted by atomic mass is 32.2. The largest absolute Gasteiger partial charge is 0.430 e. The number of benzene rings is 1. The molecule has 2 aromatic rings. The molecule has 1 aliphatic heterocycles. The first-order valence-corrected chi connectivity index (χ1v) is 12.4. The van der Waals surface area contributed by atoms with Crippen molar-refractivity contribution in [3.63, 3.8) is 0 Å². The lowest BCUT2D eigenvalue weighted by Crippen LogP contribution is -2.54. The summed E-state index contributed by atoms with van der Waals surface area (Å²) < 4.78 is 107. The molecular weight excluding hydrogens is 522 g/mol. The van der Waals surface area contributed by atoms with Crippen LogP contribution in [0.25, 0.3) is 0 Å². The minimum absolute atomic E-state index is 0.0142. The standard InChI is InChI=1S/C21H20F6N2O4S2/c1-14(30)4-5-15-13-16(19(31,20(22,23)24)21(25,26)27)6-7-17(15)28-8-10-29(11-9-28)35(32,33)18-3-2-12-34-18/h2-3,6-7,12-14,30-31H,8-11H2,1H3/t14-/m1/s1. The maximum absolute atomic E-state index is 13.3. The molecule has 2 N–H and O–H groups in total. The molecule has 3 rings (SSSR count). The Morgan fingerprint density at radius 1 is 1.03 bits per heavy atom. The predicted octanol–water partition coefficient (Wildman–Crippen LogP) is 3.30. The fourth-order valence-electron chi connectivity index (χ4n) is 3.51. The number of halogens is 6. The molecule has 0 bridgehead atoms. The van der Waals surface area contributed by atoms with Gasteiger partial charge in [0.15, 0.2) is 0 Å². The van der Waals surface area contributed by atoms with E-state index in [1.54, 1.807) is 16.3 Å². The molecule has 0 saturated carbocycles. The SMILES string of the molecule is C[C@@H](O)C#Cc1cc(C(O)(C(F)(F)F)C(F)(F)F)ccc1N1CCN(S(=O)(=O)c2cccs2)CC1. The van der Waals surface area contributed by atoms with E-state index in [-0.39, 0.29) is 41.6 Å². The van der Waals surface area contributed by atoms with E-state index >= 15 is 0 Å². The molecule has 192 valence electrons. The highest BCUT2D eigenvalue weighted by molar-refractivity contribution is 7.91. The minimum Gasteiger partial charge on any atom is -0.381 e. The van der Waals surface area contributed by atoms with Crippen LogP contribution >= 0.6 is 11.3 Å². The van der Waals surface area contributed by atoms with Crippen LogP contribution in [0.15, 0.2) is 39.9 Å². The maximum atomic E-state index is 13.3. The molecule has 0 spiro atoms. The van der Waals surface area contributed by atoms with Gasteiger partial charge in [-0.2, -0.15) is 30.6 Å². The second-order valence-corrected chi connectivity index (χ2v) is 10.8. The van der Waals surface area contributed by atoms with Gasteiger partial charge in [-0.3, -0.25) is 0 Å². The van der Waals surface area contributed by atoms with Crippen molar-refractivity contribution in [2.45, 2.75) is 35.2 Å². The zero-order valence-corrected chi connectivity index (χ0v) is 19.7. The summed E-state index contributed by atoms with van der Waals surface area (Å²) >= 11 is 1.05. The maximum Gasteiger partial charge on any atom is 0.430 e. The minimum atomic E-state index is -6.07. The Kier molecular flexibility index (Phi) is 7.50. The highest BCUT2D eigenvalue weighted by Gasteiger charge is 2.71. The Bertz CT molecular complexity index is 1190. The van der Waals surface area contributed by atoms with E-state index in [1.807, 2.05) is 0 Å². The number of nitrogens with zero attached hydrogens (tertiary/aromatic N) is 2. The number of rotatable bonds is 4. The van der Waals surface area contributed by atoms with Gasteiger partial charge in [0.1, 0.15) is 10.3 Å². The van der Waals surface area contributed by atoms with Crippen molar-refractivity contribution < 1.29 is 45.0 Å². The van der Waals surface area contributed by atoms with E-state index in [4.69, 9.17) is 0 Å². The quantitative estimate of drug-likeness (QED) is 0.458. The molecule has 1 fully saturated rings. The van der Waals surface area contributed by atoms with Gasteiger partial charge in [0.25, 0.3) is 15.6 Å². The highest BCUT2D eigenvalue weighted by Crippen LogP contribution is 2.50.